The van der Waals surface area contributed by atoms with Crippen molar-refractivity contribution in [1.29, 1.82) is 0 Å². The second-order valence-electron chi connectivity index (χ2n) is 6.31. The highest BCUT2D eigenvalue weighted by Gasteiger charge is 1.98. The van der Waals surface area contributed by atoms with Crippen LogP contribution in [-0.4, -0.2) is 10.2 Å². The lowest BCUT2D eigenvalue weighted by Gasteiger charge is -1.97. The summed E-state index contributed by atoms with van der Waals surface area (Å²) < 4.78 is 0. The molecule has 3 aromatic carbocycles. The van der Waals surface area contributed by atoms with Crippen molar-refractivity contribution in [3.05, 3.63) is 95.1 Å². The molecule has 0 N–H and O–H groups in total. The third-order valence-electron chi connectivity index (χ3n) is 3.82. The molecule has 146 valence electrons. The molecule has 3 aromatic rings. The van der Waals surface area contributed by atoms with Crippen LogP contribution in [0.1, 0.15) is 36.1 Å². The number of thioether (sulfide) groups is 2. The summed E-state index contributed by atoms with van der Waals surface area (Å²) >= 11 is 2.43. The maximum absolute atomic E-state index is 11.1. The van der Waals surface area contributed by atoms with Crippen LogP contribution >= 0.6 is 23.5 Å². The molecule has 0 atom stereocenters. The van der Waals surface area contributed by atoms with Crippen molar-refractivity contribution in [1.82, 2.24) is 0 Å². The van der Waals surface area contributed by atoms with E-state index in [1.54, 1.807) is 13.8 Å². The molecule has 0 unspecified atom stereocenters. The van der Waals surface area contributed by atoms with Crippen LogP contribution in [0.15, 0.2) is 82.6 Å². The molecule has 0 aliphatic heterocycles. The van der Waals surface area contributed by atoms with Crippen LogP contribution < -0.4 is 0 Å². The molecule has 0 aromatic heterocycles. The smallest absolute Gasteiger partial charge is 0.190 e. The average Bonchev–Trinajstić information content (AvgIpc) is 2.73. The van der Waals surface area contributed by atoms with E-state index < -0.39 is 0 Å². The third kappa shape index (κ3) is 7.01. The minimum atomic E-state index is 0.0704. The molecular weight excluding hydrogens is 408 g/mol. The zero-order valence-corrected chi connectivity index (χ0v) is 18.2. The van der Waals surface area contributed by atoms with Crippen LogP contribution in [0.5, 0.6) is 0 Å². The fourth-order valence-corrected chi connectivity index (χ4v) is 3.68. The SMILES string of the molecule is CC(=O)Sc1ccc(C#Cc2ccc(C#Cc3ccc(SC(C)=O)cc3)cc2)cc1. The first kappa shape index (κ1) is 21.5. The molecule has 0 aliphatic rings. The first-order valence-electron chi connectivity index (χ1n) is 9.19. The van der Waals surface area contributed by atoms with Gasteiger partial charge in [0.15, 0.2) is 10.2 Å². The summed E-state index contributed by atoms with van der Waals surface area (Å²) in [6, 6.07) is 23.1. The molecule has 0 saturated carbocycles. The molecule has 0 bridgehead atoms. The fourth-order valence-electron chi connectivity index (χ4n) is 2.47. The minimum Gasteiger partial charge on any atom is -0.287 e. The van der Waals surface area contributed by atoms with E-state index in [2.05, 4.69) is 23.7 Å². The molecule has 4 heteroatoms. The molecule has 0 saturated heterocycles. The van der Waals surface area contributed by atoms with Crippen LogP contribution in [0.4, 0.5) is 0 Å². The normalized spacial score (nSPS) is 9.67. The molecule has 0 amide bonds. The summed E-state index contributed by atoms with van der Waals surface area (Å²) in [6.07, 6.45) is 0. The van der Waals surface area contributed by atoms with Crippen LogP contribution in [0.3, 0.4) is 0 Å². The van der Waals surface area contributed by atoms with Crippen molar-refractivity contribution >= 4 is 33.8 Å². The second kappa shape index (κ2) is 10.6. The molecule has 0 fully saturated rings. The highest BCUT2D eigenvalue weighted by Crippen LogP contribution is 2.19. The first-order chi connectivity index (χ1) is 14.5. The quantitative estimate of drug-likeness (QED) is 0.385. The standard InChI is InChI=1S/C26H18O2S2/c1-19(27)29-25-15-11-23(12-16-25)9-7-21-3-5-22(6-4-21)8-10-24-13-17-26(18-14-24)30-20(2)28/h3-6,11-18H,1-2H3. The highest BCUT2D eigenvalue weighted by molar-refractivity contribution is 8.13. The predicted molar refractivity (Wildman–Crippen MR) is 124 cm³/mol. The highest BCUT2D eigenvalue weighted by atomic mass is 32.2. The molecule has 0 aliphatic carbocycles. The Hall–Kier alpha value is -3.18. The fraction of sp³-hybridized carbons (Fsp3) is 0.0769. The van der Waals surface area contributed by atoms with Gasteiger partial charge in [0.1, 0.15) is 0 Å². The van der Waals surface area contributed by atoms with Gasteiger partial charge in [-0.1, -0.05) is 47.2 Å². The Labute approximate surface area is 185 Å². The van der Waals surface area contributed by atoms with Gasteiger partial charge in [0, 0.05) is 45.9 Å². The summed E-state index contributed by atoms with van der Waals surface area (Å²) in [4.78, 5) is 24.1. The van der Waals surface area contributed by atoms with Gasteiger partial charge in [-0.25, -0.2) is 0 Å². The van der Waals surface area contributed by atoms with E-state index in [0.29, 0.717) is 0 Å². The topological polar surface area (TPSA) is 34.1 Å². The van der Waals surface area contributed by atoms with E-state index in [4.69, 9.17) is 0 Å². The zero-order chi connectivity index (χ0) is 21.3. The van der Waals surface area contributed by atoms with Gasteiger partial charge in [-0.15, -0.1) is 0 Å². The Kier molecular flexibility index (Phi) is 7.57. The van der Waals surface area contributed by atoms with Gasteiger partial charge in [0.05, 0.1) is 0 Å². The monoisotopic (exact) mass is 426 g/mol. The second-order valence-corrected chi connectivity index (χ2v) is 8.81. The minimum absolute atomic E-state index is 0.0704. The van der Waals surface area contributed by atoms with Gasteiger partial charge in [-0.3, -0.25) is 9.59 Å². The number of carbonyl (C=O) groups is 2. The lowest BCUT2D eigenvalue weighted by molar-refractivity contribution is -0.109. The van der Waals surface area contributed by atoms with Crippen molar-refractivity contribution in [3.8, 4) is 23.7 Å². The Balaban J connectivity index is 1.63. The van der Waals surface area contributed by atoms with E-state index in [1.165, 1.54) is 23.5 Å². The van der Waals surface area contributed by atoms with Crippen LogP contribution in [0.2, 0.25) is 0 Å². The maximum atomic E-state index is 11.1. The molecule has 0 radical (unpaired) electrons. The molecule has 30 heavy (non-hydrogen) atoms. The van der Waals surface area contributed by atoms with Gasteiger partial charge >= 0.3 is 0 Å². The number of benzene rings is 3. The van der Waals surface area contributed by atoms with Gasteiger partial charge < -0.3 is 0 Å². The number of hydrogen-bond acceptors (Lipinski definition) is 4. The number of hydrogen-bond donors (Lipinski definition) is 0. The zero-order valence-electron chi connectivity index (χ0n) is 16.6. The van der Waals surface area contributed by atoms with Crippen molar-refractivity contribution in [3.63, 3.8) is 0 Å². The Bertz CT molecular complexity index is 1070. The average molecular weight is 427 g/mol. The first-order valence-corrected chi connectivity index (χ1v) is 10.8. The lowest BCUT2D eigenvalue weighted by atomic mass is 10.1. The molecule has 3 rings (SSSR count). The Morgan fingerprint density at radius 2 is 0.733 bits per heavy atom. The predicted octanol–water partition coefficient (Wildman–Crippen LogP) is 5.76. The largest absolute Gasteiger partial charge is 0.287 e. The van der Waals surface area contributed by atoms with Gasteiger partial charge in [-0.05, 0) is 72.8 Å². The van der Waals surface area contributed by atoms with E-state index in [1.807, 2.05) is 72.8 Å². The van der Waals surface area contributed by atoms with E-state index >= 15 is 0 Å². The Morgan fingerprint density at radius 3 is 0.967 bits per heavy atom. The van der Waals surface area contributed by atoms with Crippen molar-refractivity contribution in [2.75, 3.05) is 0 Å². The summed E-state index contributed by atoms with van der Waals surface area (Å²) in [5.74, 6) is 12.5. The molecule has 0 spiro atoms. The summed E-state index contributed by atoms with van der Waals surface area (Å²) in [6.45, 7) is 3.11. The van der Waals surface area contributed by atoms with Crippen LogP contribution in [0.25, 0.3) is 0 Å². The number of carbonyl (C=O) groups excluding carboxylic acids is 2. The summed E-state index contributed by atoms with van der Waals surface area (Å²) in [5, 5.41) is 0.141. The van der Waals surface area contributed by atoms with Crippen LogP contribution in [0, 0.1) is 23.7 Å². The van der Waals surface area contributed by atoms with Crippen molar-refractivity contribution < 1.29 is 9.59 Å². The van der Waals surface area contributed by atoms with Crippen LogP contribution in [-0.2, 0) is 9.59 Å². The van der Waals surface area contributed by atoms with Crippen molar-refractivity contribution in [2.45, 2.75) is 23.6 Å². The van der Waals surface area contributed by atoms with Gasteiger partial charge in [0.25, 0.3) is 0 Å². The summed E-state index contributed by atoms with van der Waals surface area (Å²) in [5.41, 5.74) is 3.62. The van der Waals surface area contributed by atoms with Gasteiger partial charge in [-0.2, -0.15) is 0 Å². The Morgan fingerprint density at radius 1 is 0.500 bits per heavy atom. The summed E-state index contributed by atoms with van der Waals surface area (Å²) in [7, 11) is 0. The van der Waals surface area contributed by atoms with Crippen molar-refractivity contribution in [2.24, 2.45) is 0 Å². The maximum Gasteiger partial charge on any atom is 0.190 e. The third-order valence-corrected chi connectivity index (χ3v) is 5.41. The van der Waals surface area contributed by atoms with E-state index in [-0.39, 0.29) is 10.2 Å². The number of rotatable bonds is 2. The molecular formula is C26H18O2S2. The molecule has 2 nitrogen and oxygen atoms in total. The molecule has 0 heterocycles. The lowest BCUT2D eigenvalue weighted by Crippen LogP contribution is -1.82. The van der Waals surface area contributed by atoms with E-state index in [0.717, 1.165) is 32.0 Å². The van der Waals surface area contributed by atoms with E-state index in [9.17, 15) is 9.59 Å². The van der Waals surface area contributed by atoms with Gasteiger partial charge in [0.2, 0.25) is 0 Å².